The van der Waals surface area contributed by atoms with E-state index in [1.807, 2.05) is 0 Å². The molecule has 0 aromatic heterocycles. The summed E-state index contributed by atoms with van der Waals surface area (Å²) in [5, 5.41) is 22.9. The molecule has 0 aliphatic rings. The van der Waals surface area contributed by atoms with Crippen molar-refractivity contribution >= 4 is 29.2 Å². The molecule has 6 heteroatoms. The average Bonchev–Trinajstić information content (AvgIpc) is 1.33. The first-order chi connectivity index (χ1) is 3.15. The first-order valence-electron chi connectivity index (χ1n) is 1.65. The molecule has 0 heterocycles. The van der Waals surface area contributed by atoms with Crippen LogP contribution in [0.25, 0.3) is 0 Å². The summed E-state index contributed by atoms with van der Waals surface area (Å²) in [5.74, 6) is 0. The van der Waals surface area contributed by atoms with E-state index in [0.717, 1.165) is 0 Å². The van der Waals surface area contributed by atoms with E-state index in [0.29, 0.717) is 0 Å². The van der Waals surface area contributed by atoms with E-state index in [-0.39, 0.29) is 42.1 Å². The summed E-state index contributed by atoms with van der Waals surface area (Å²) in [6.45, 7) is 1.57. The number of hydrogen-bond donors (Lipinski definition) is 2. The molecule has 0 aliphatic heterocycles. The molecule has 4 nitrogen and oxygen atoms in total. The summed E-state index contributed by atoms with van der Waals surface area (Å²) >= 11 is 0. The Hall–Kier alpha value is 0.286. The first-order valence-corrected chi connectivity index (χ1v) is 1.65. The first kappa shape index (κ1) is 22.8. The van der Waals surface area contributed by atoms with Gasteiger partial charge in [0, 0.05) is 0 Å². The number of rotatable bonds is 0. The molecular weight excluding hydrogens is 160 g/mol. The van der Waals surface area contributed by atoms with E-state index < -0.39 is 6.16 Å². The SMILES string of the molecule is CC[O-].O=C(O)O.[Cl-].[Mg+2]. The third-order valence-corrected chi connectivity index (χ3v) is 0. The van der Waals surface area contributed by atoms with Gasteiger partial charge in [0.25, 0.3) is 0 Å². The quantitative estimate of drug-likeness (QED) is 0.362. The van der Waals surface area contributed by atoms with E-state index >= 15 is 0 Å². The smallest absolute Gasteiger partial charge is 1.00 e. The zero-order valence-corrected chi connectivity index (χ0v) is 7.17. The Bertz CT molecular complexity index is 47.1. The number of carbonyl (C=O) groups is 1. The van der Waals surface area contributed by atoms with Crippen molar-refractivity contribution in [3.63, 3.8) is 0 Å². The fourth-order valence-corrected chi connectivity index (χ4v) is 0. The van der Waals surface area contributed by atoms with Gasteiger partial charge in [0.15, 0.2) is 0 Å². The fourth-order valence-electron chi connectivity index (χ4n) is 0. The monoisotopic (exact) mass is 166 g/mol. The largest absolute Gasteiger partial charge is 2.00 e. The molecule has 0 bridgehead atoms. The molecule has 0 saturated heterocycles. The average molecular weight is 167 g/mol. The summed E-state index contributed by atoms with van der Waals surface area (Å²) in [6.07, 6.45) is -1.83. The molecule has 0 fully saturated rings. The molecule has 0 radical (unpaired) electrons. The standard InChI is InChI=1S/C2H5O.CH2O3.ClH.Mg/c1-2-3;2-1(3)4;;/h2H2,1H3;(H2,2,3,4);1H;/q-1;;;+2/p-1. The van der Waals surface area contributed by atoms with E-state index in [1.165, 1.54) is 0 Å². The van der Waals surface area contributed by atoms with Crippen molar-refractivity contribution in [2.75, 3.05) is 6.61 Å². The second kappa shape index (κ2) is 23.9. The van der Waals surface area contributed by atoms with Gasteiger partial charge in [-0.15, -0.1) is 6.61 Å². The molecule has 0 aromatic rings. The van der Waals surface area contributed by atoms with Gasteiger partial charge < -0.3 is 27.7 Å². The Morgan fingerprint density at radius 2 is 1.56 bits per heavy atom. The summed E-state index contributed by atoms with van der Waals surface area (Å²) in [5.41, 5.74) is 0. The van der Waals surface area contributed by atoms with Gasteiger partial charge in [-0.3, -0.25) is 0 Å². The molecule has 0 aromatic carbocycles. The summed E-state index contributed by atoms with van der Waals surface area (Å²) in [6, 6.07) is 0. The minimum Gasteiger partial charge on any atom is -1.00 e. The van der Waals surface area contributed by atoms with Gasteiger partial charge >= 0.3 is 29.2 Å². The normalized spacial score (nSPS) is 4.67. The maximum atomic E-state index is 8.93. The van der Waals surface area contributed by atoms with Crippen molar-refractivity contribution in [3.8, 4) is 0 Å². The van der Waals surface area contributed by atoms with E-state index in [1.54, 1.807) is 6.92 Å². The van der Waals surface area contributed by atoms with Crippen LogP contribution in [0.3, 0.4) is 0 Å². The summed E-state index contributed by atoms with van der Waals surface area (Å²) in [7, 11) is 0. The summed E-state index contributed by atoms with van der Waals surface area (Å²) < 4.78 is 0. The molecule has 0 amide bonds. The summed E-state index contributed by atoms with van der Waals surface area (Å²) in [4.78, 5) is 8.56. The van der Waals surface area contributed by atoms with Crippen LogP contribution in [0.1, 0.15) is 6.92 Å². The van der Waals surface area contributed by atoms with Crippen LogP contribution in [0.4, 0.5) is 4.79 Å². The zero-order valence-electron chi connectivity index (χ0n) is 5.00. The number of carboxylic acid groups (broad SMARTS) is 2. The van der Waals surface area contributed by atoms with Crippen molar-refractivity contribution in [2.45, 2.75) is 6.92 Å². The number of hydrogen-bond acceptors (Lipinski definition) is 2. The molecule has 9 heavy (non-hydrogen) atoms. The van der Waals surface area contributed by atoms with Crippen LogP contribution in [0, 0.1) is 0 Å². The van der Waals surface area contributed by atoms with Crippen molar-refractivity contribution < 1.29 is 32.5 Å². The van der Waals surface area contributed by atoms with Gasteiger partial charge in [-0.2, -0.15) is 0 Å². The maximum absolute atomic E-state index is 8.93. The van der Waals surface area contributed by atoms with Crippen LogP contribution in [-0.4, -0.2) is 46.0 Å². The van der Waals surface area contributed by atoms with Gasteiger partial charge in [0.05, 0.1) is 0 Å². The second-order valence-corrected chi connectivity index (χ2v) is 0.571. The predicted octanol–water partition coefficient (Wildman–Crippen LogP) is -3.79. The maximum Gasteiger partial charge on any atom is 2.00 e. The van der Waals surface area contributed by atoms with Crippen molar-refractivity contribution in [1.82, 2.24) is 0 Å². The Balaban J connectivity index is -0.0000000233. The molecule has 0 spiro atoms. The molecule has 52 valence electrons. The van der Waals surface area contributed by atoms with Crippen LogP contribution in [0.5, 0.6) is 0 Å². The molecule has 0 aliphatic carbocycles. The Morgan fingerprint density at radius 3 is 1.56 bits per heavy atom. The Kier molecular flexibility index (Phi) is 60.7. The van der Waals surface area contributed by atoms with Gasteiger partial charge in [0.1, 0.15) is 0 Å². The van der Waals surface area contributed by atoms with Crippen LogP contribution in [-0.2, 0) is 0 Å². The van der Waals surface area contributed by atoms with Gasteiger partial charge in [0.2, 0.25) is 0 Å². The topological polar surface area (TPSA) is 80.6 Å². The van der Waals surface area contributed by atoms with Gasteiger partial charge in [-0.1, -0.05) is 6.92 Å². The molecule has 2 N–H and O–H groups in total. The molecule has 0 rings (SSSR count). The molecule has 0 saturated carbocycles. The van der Waals surface area contributed by atoms with Crippen molar-refractivity contribution in [2.24, 2.45) is 0 Å². The zero-order chi connectivity index (χ0) is 6.28. The van der Waals surface area contributed by atoms with Crippen molar-refractivity contribution in [3.05, 3.63) is 0 Å². The van der Waals surface area contributed by atoms with E-state index in [2.05, 4.69) is 0 Å². The molecular formula is C3H7ClMgO4. The van der Waals surface area contributed by atoms with E-state index in [4.69, 9.17) is 20.1 Å². The van der Waals surface area contributed by atoms with E-state index in [9.17, 15) is 0 Å². The third-order valence-electron chi connectivity index (χ3n) is 0. The fraction of sp³-hybridized carbons (Fsp3) is 0.667. The van der Waals surface area contributed by atoms with Crippen LogP contribution in [0.15, 0.2) is 0 Å². The van der Waals surface area contributed by atoms with Crippen LogP contribution >= 0.6 is 0 Å². The second-order valence-electron chi connectivity index (χ2n) is 0.571. The molecule has 0 atom stereocenters. The Morgan fingerprint density at radius 1 is 1.56 bits per heavy atom. The van der Waals surface area contributed by atoms with Crippen LogP contribution in [0.2, 0.25) is 0 Å². The van der Waals surface area contributed by atoms with Crippen LogP contribution < -0.4 is 17.5 Å². The van der Waals surface area contributed by atoms with Gasteiger partial charge in [-0.05, 0) is 0 Å². The molecule has 0 unspecified atom stereocenters. The van der Waals surface area contributed by atoms with Crippen molar-refractivity contribution in [1.29, 1.82) is 0 Å². The minimum absolute atomic E-state index is 0. The number of halogens is 1. The predicted molar refractivity (Wildman–Crippen MR) is 26.9 cm³/mol. The Labute approximate surface area is 75.4 Å². The van der Waals surface area contributed by atoms with Gasteiger partial charge in [-0.25, -0.2) is 4.79 Å². The minimum atomic E-state index is -1.83. The third kappa shape index (κ3) is 4000.